The highest BCUT2D eigenvalue weighted by Crippen LogP contribution is 2.38. The maximum absolute atomic E-state index is 11.3. The van der Waals surface area contributed by atoms with Gasteiger partial charge in [0.25, 0.3) is 0 Å². The van der Waals surface area contributed by atoms with Gasteiger partial charge in [0.15, 0.2) is 0 Å². The number of thiazole rings is 1. The van der Waals surface area contributed by atoms with E-state index in [0.717, 1.165) is 38.1 Å². The average molecular weight is 422 g/mol. The number of hydrogen-bond acceptors (Lipinski definition) is 6. The lowest BCUT2D eigenvalue weighted by molar-refractivity contribution is -0.137. The third-order valence-electron chi connectivity index (χ3n) is 4.75. The molecule has 0 amide bonds. The summed E-state index contributed by atoms with van der Waals surface area (Å²) >= 11 is 1.62. The van der Waals surface area contributed by atoms with Crippen LogP contribution in [0.1, 0.15) is 34.2 Å². The van der Waals surface area contributed by atoms with Crippen molar-refractivity contribution in [1.82, 2.24) is 4.98 Å². The van der Waals surface area contributed by atoms with Gasteiger partial charge in [-0.1, -0.05) is 12.1 Å². The smallest absolute Gasteiger partial charge is 0.304 e. The summed E-state index contributed by atoms with van der Waals surface area (Å²) in [7, 11) is 1.57. The summed E-state index contributed by atoms with van der Waals surface area (Å²) in [5, 5.41) is 22.7. The van der Waals surface area contributed by atoms with Crippen LogP contribution in [0.3, 0.4) is 0 Å². The van der Waals surface area contributed by atoms with E-state index in [4.69, 9.17) is 10.00 Å². The molecule has 30 heavy (non-hydrogen) atoms. The summed E-state index contributed by atoms with van der Waals surface area (Å²) in [4.78, 5) is 16.9. The van der Waals surface area contributed by atoms with Gasteiger partial charge in [-0.2, -0.15) is 5.26 Å². The molecule has 2 aromatic carbocycles. The molecule has 3 rings (SSSR count). The molecule has 0 unspecified atom stereocenters. The summed E-state index contributed by atoms with van der Waals surface area (Å²) in [6.45, 7) is 4.28. The number of methoxy groups -OCH3 is 1. The van der Waals surface area contributed by atoms with Crippen molar-refractivity contribution in [3.05, 3.63) is 64.3 Å². The Kier molecular flexibility index (Phi) is 6.83. The molecule has 0 aliphatic carbocycles. The summed E-state index contributed by atoms with van der Waals surface area (Å²) in [6, 6.07) is 15.3. The van der Waals surface area contributed by atoms with E-state index in [2.05, 4.69) is 16.4 Å². The van der Waals surface area contributed by atoms with Crippen LogP contribution in [-0.4, -0.2) is 29.8 Å². The van der Waals surface area contributed by atoms with Crippen LogP contribution in [-0.2, 0) is 9.53 Å². The third kappa shape index (κ3) is 5.03. The summed E-state index contributed by atoms with van der Waals surface area (Å²) in [6.07, 6.45) is -0.0117. The monoisotopic (exact) mass is 421 g/mol. The molecular formula is C23H23N3O3S. The van der Waals surface area contributed by atoms with Crippen molar-refractivity contribution in [3.63, 3.8) is 0 Å². The standard InChI is InChI=1S/C23H23N3O3S/c1-14-23(30-15(2)25-14)20-9-6-17(18(13-29-3)11-22(27)28)10-21(20)26-19-7-4-16(12-24)5-8-19/h4-10,18,26H,11,13H2,1-3H3,(H,27,28)/t18-/m1/s1. The number of carbonyl (C=O) groups is 1. The van der Waals surface area contributed by atoms with Gasteiger partial charge in [0.05, 0.1) is 40.2 Å². The first-order valence-electron chi connectivity index (χ1n) is 9.47. The Morgan fingerprint density at radius 3 is 2.57 bits per heavy atom. The first-order valence-corrected chi connectivity index (χ1v) is 10.3. The molecule has 0 spiro atoms. The molecule has 154 valence electrons. The van der Waals surface area contributed by atoms with Crippen molar-refractivity contribution in [2.45, 2.75) is 26.2 Å². The number of aryl methyl sites for hydroxylation is 2. The molecule has 0 saturated carbocycles. The van der Waals surface area contributed by atoms with Crippen molar-refractivity contribution < 1.29 is 14.6 Å². The van der Waals surface area contributed by atoms with Crippen LogP contribution in [0.2, 0.25) is 0 Å². The molecule has 1 heterocycles. The van der Waals surface area contributed by atoms with Gasteiger partial charge >= 0.3 is 5.97 Å². The summed E-state index contributed by atoms with van der Waals surface area (Å²) < 4.78 is 5.26. The zero-order valence-electron chi connectivity index (χ0n) is 17.1. The number of nitrogens with zero attached hydrogens (tertiary/aromatic N) is 2. The SMILES string of the molecule is COC[C@@H](CC(=O)O)c1ccc(-c2sc(C)nc2C)c(Nc2ccc(C#N)cc2)c1. The molecule has 7 heteroatoms. The van der Waals surface area contributed by atoms with E-state index in [1.54, 1.807) is 30.6 Å². The maximum Gasteiger partial charge on any atom is 0.304 e. The van der Waals surface area contributed by atoms with Gasteiger partial charge in [0.1, 0.15) is 0 Å². The van der Waals surface area contributed by atoms with Crippen LogP contribution in [0.15, 0.2) is 42.5 Å². The number of rotatable bonds is 8. The quantitative estimate of drug-likeness (QED) is 0.516. The van der Waals surface area contributed by atoms with Gasteiger partial charge in [0, 0.05) is 30.0 Å². The Hall–Kier alpha value is -3.21. The minimum atomic E-state index is -0.864. The average Bonchev–Trinajstić information content (AvgIpc) is 3.05. The fourth-order valence-corrected chi connectivity index (χ4v) is 4.33. The molecule has 0 fully saturated rings. The van der Waals surface area contributed by atoms with Crippen molar-refractivity contribution >= 4 is 28.7 Å². The molecule has 0 radical (unpaired) electrons. The highest BCUT2D eigenvalue weighted by molar-refractivity contribution is 7.15. The zero-order chi connectivity index (χ0) is 21.7. The number of nitriles is 1. The number of aliphatic carboxylic acids is 1. The van der Waals surface area contributed by atoms with Gasteiger partial charge in [-0.25, -0.2) is 4.98 Å². The molecule has 1 atom stereocenters. The van der Waals surface area contributed by atoms with Crippen LogP contribution in [0.4, 0.5) is 11.4 Å². The van der Waals surface area contributed by atoms with Gasteiger partial charge < -0.3 is 15.2 Å². The Bertz CT molecular complexity index is 1080. The van der Waals surface area contributed by atoms with E-state index in [1.165, 1.54) is 0 Å². The number of carboxylic acids is 1. The minimum absolute atomic E-state index is 0.0117. The van der Waals surface area contributed by atoms with Crippen LogP contribution < -0.4 is 5.32 Å². The lowest BCUT2D eigenvalue weighted by Gasteiger charge is -2.18. The van der Waals surface area contributed by atoms with Crippen LogP contribution >= 0.6 is 11.3 Å². The number of nitrogens with one attached hydrogen (secondary N) is 1. The molecule has 0 aliphatic rings. The molecule has 0 bridgehead atoms. The van der Waals surface area contributed by atoms with E-state index in [-0.39, 0.29) is 12.3 Å². The molecule has 0 saturated heterocycles. The summed E-state index contributed by atoms with van der Waals surface area (Å²) in [5.41, 5.74) is 5.12. The second kappa shape index (κ2) is 9.53. The van der Waals surface area contributed by atoms with E-state index in [9.17, 15) is 9.90 Å². The Balaban J connectivity index is 2.06. The third-order valence-corrected chi connectivity index (χ3v) is 5.85. The normalized spacial score (nSPS) is 11.7. The Morgan fingerprint density at radius 1 is 1.27 bits per heavy atom. The predicted octanol–water partition coefficient (Wildman–Crippen LogP) is 5.25. The van der Waals surface area contributed by atoms with Crippen LogP contribution in [0.25, 0.3) is 10.4 Å². The van der Waals surface area contributed by atoms with Crippen LogP contribution in [0.5, 0.6) is 0 Å². The lowest BCUT2D eigenvalue weighted by atomic mass is 9.94. The highest BCUT2D eigenvalue weighted by atomic mass is 32.1. The fraction of sp³-hybridized carbons (Fsp3) is 0.261. The van der Waals surface area contributed by atoms with Gasteiger partial charge in [-0.05, 0) is 49.7 Å². The van der Waals surface area contributed by atoms with Crippen molar-refractivity contribution in [1.29, 1.82) is 5.26 Å². The minimum Gasteiger partial charge on any atom is -0.481 e. The van der Waals surface area contributed by atoms with Gasteiger partial charge in [-0.15, -0.1) is 11.3 Å². The topological polar surface area (TPSA) is 95.2 Å². The number of ether oxygens (including phenoxy) is 1. The van der Waals surface area contributed by atoms with Crippen molar-refractivity contribution in [2.75, 3.05) is 19.0 Å². The number of aromatic nitrogens is 1. The molecule has 1 aromatic heterocycles. The highest BCUT2D eigenvalue weighted by Gasteiger charge is 2.19. The number of anilines is 2. The largest absolute Gasteiger partial charge is 0.481 e. The maximum atomic E-state index is 11.3. The second-order valence-electron chi connectivity index (χ2n) is 7.02. The predicted molar refractivity (Wildman–Crippen MR) is 118 cm³/mol. The first kappa shape index (κ1) is 21.5. The fourth-order valence-electron chi connectivity index (χ4n) is 3.37. The van der Waals surface area contributed by atoms with Crippen molar-refractivity contribution in [3.8, 4) is 16.5 Å². The van der Waals surface area contributed by atoms with Gasteiger partial charge in [0.2, 0.25) is 0 Å². The van der Waals surface area contributed by atoms with Crippen LogP contribution in [0, 0.1) is 25.2 Å². The van der Waals surface area contributed by atoms with Gasteiger partial charge in [-0.3, -0.25) is 4.79 Å². The lowest BCUT2D eigenvalue weighted by Crippen LogP contribution is -2.12. The number of carboxylic acid groups (broad SMARTS) is 1. The molecule has 6 nitrogen and oxygen atoms in total. The zero-order valence-corrected chi connectivity index (χ0v) is 17.9. The number of hydrogen-bond donors (Lipinski definition) is 2. The van der Waals surface area contributed by atoms with E-state index >= 15 is 0 Å². The first-order chi connectivity index (χ1) is 14.4. The molecule has 3 aromatic rings. The number of benzene rings is 2. The molecule has 0 aliphatic heterocycles. The molecule has 2 N–H and O–H groups in total. The van der Waals surface area contributed by atoms with E-state index < -0.39 is 5.97 Å². The second-order valence-corrected chi connectivity index (χ2v) is 8.22. The van der Waals surface area contributed by atoms with E-state index in [0.29, 0.717) is 12.2 Å². The van der Waals surface area contributed by atoms with E-state index in [1.807, 2.05) is 44.2 Å². The molecular weight excluding hydrogens is 398 g/mol. The van der Waals surface area contributed by atoms with Crippen molar-refractivity contribution in [2.24, 2.45) is 0 Å². The summed E-state index contributed by atoms with van der Waals surface area (Å²) in [5.74, 6) is -1.12. The Labute approximate surface area is 179 Å². The Morgan fingerprint density at radius 2 is 2.00 bits per heavy atom.